The Morgan fingerprint density at radius 3 is 2.61 bits per heavy atom. The topological polar surface area (TPSA) is 87.1 Å². The van der Waals surface area contributed by atoms with Crippen LogP contribution >= 0.6 is 0 Å². The van der Waals surface area contributed by atoms with E-state index in [0.717, 1.165) is 18.3 Å². The van der Waals surface area contributed by atoms with E-state index in [4.69, 9.17) is 5.11 Å². The summed E-state index contributed by atoms with van der Waals surface area (Å²) in [6, 6.07) is 1.73. The molecular formula is C12H18N4O2. The van der Waals surface area contributed by atoms with Gasteiger partial charge in [-0.1, -0.05) is 12.8 Å². The molecule has 6 nitrogen and oxygen atoms in total. The van der Waals surface area contributed by atoms with Crippen molar-refractivity contribution in [3.8, 4) is 0 Å². The third-order valence-electron chi connectivity index (χ3n) is 3.13. The van der Waals surface area contributed by atoms with E-state index in [0.29, 0.717) is 5.82 Å². The van der Waals surface area contributed by atoms with E-state index >= 15 is 0 Å². The standard InChI is InChI=1S/C12H18N4O2/c17-12(18)7-14-11-5-10(15-8-16-11)13-6-9-3-1-2-4-9/h5,8-9H,1-4,6-7H2,(H,17,18)(H2,13,14,15,16). The third-order valence-corrected chi connectivity index (χ3v) is 3.13. The van der Waals surface area contributed by atoms with Gasteiger partial charge in [0.2, 0.25) is 0 Å². The van der Waals surface area contributed by atoms with Gasteiger partial charge in [0.15, 0.2) is 0 Å². The summed E-state index contributed by atoms with van der Waals surface area (Å²) in [6.45, 7) is 0.786. The minimum absolute atomic E-state index is 0.140. The summed E-state index contributed by atoms with van der Waals surface area (Å²) in [4.78, 5) is 18.5. The molecule has 0 aromatic carbocycles. The van der Waals surface area contributed by atoms with Crippen molar-refractivity contribution in [2.45, 2.75) is 25.7 Å². The molecule has 1 aromatic rings. The van der Waals surface area contributed by atoms with E-state index in [9.17, 15) is 4.79 Å². The summed E-state index contributed by atoms with van der Waals surface area (Å²) in [6.07, 6.45) is 6.63. The number of hydrogen-bond acceptors (Lipinski definition) is 5. The van der Waals surface area contributed by atoms with Gasteiger partial charge in [-0.25, -0.2) is 9.97 Å². The van der Waals surface area contributed by atoms with Crippen molar-refractivity contribution < 1.29 is 9.90 Å². The summed E-state index contributed by atoms with van der Waals surface area (Å²) in [5.41, 5.74) is 0. The van der Waals surface area contributed by atoms with Crippen LogP contribution in [0.2, 0.25) is 0 Å². The Morgan fingerprint density at radius 1 is 1.28 bits per heavy atom. The predicted molar refractivity (Wildman–Crippen MR) is 68.6 cm³/mol. The number of rotatable bonds is 6. The van der Waals surface area contributed by atoms with Crippen LogP contribution in [0, 0.1) is 5.92 Å². The first-order valence-corrected chi connectivity index (χ1v) is 6.25. The van der Waals surface area contributed by atoms with Gasteiger partial charge in [0.1, 0.15) is 24.5 Å². The summed E-state index contributed by atoms with van der Waals surface area (Å²) in [5, 5.41) is 14.6. The molecule has 3 N–H and O–H groups in total. The molecule has 1 heterocycles. The molecule has 0 aliphatic heterocycles. The van der Waals surface area contributed by atoms with Crippen molar-refractivity contribution in [3.05, 3.63) is 12.4 Å². The summed E-state index contributed by atoms with van der Waals surface area (Å²) < 4.78 is 0. The molecule has 1 fully saturated rings. The van der Waals surface area contributed by atoms with Crippen LogP contribution in [-0.2, 0) is 4.79 Å². The fourth-order valence-corrected chi connectivity index (χ4v) is 2.18. The monoisotopic (exact) mass is 250 g/mol. The number of anilines is 2. The van der Waals surface area contributed by atoms with Crippen molar-refractivity contribution in [3.63, 3.8) is 0 Å². The van der Waals surface area contributed by atoms with Crippen LogP contribution in [0.5, 0.6) is 0 Å². The maximum Gasteiger partial charge on any atom is 0.322 e. The van der Waals surface area contributed by atoms with Crippen LogP contribution in [0.15, 0.2) is 12.4 Å². The summed E-state index contributed by atoms with van der Waals surface area (Å²) >= 11 is 0. The van der Waals surface area contributed by atoms with E-state index in [1.165, 1.54) is 32.0 Å². The van der Waals surface area contributed by atoms with Crippen LogP contribution in [0.4, 0.5) is 11.6 Å². The zero-order valence-electron chi connectivity index (χ0n) is 10.2. The van der Waals surface area contributed by atoms with Crippen LogP contribution < -0.4 is 10.6 Å². The minimum Gasteiger partial charge on any atom is -0.480 e. The normalized spacial score (nSPS) is 15.6. The van der Waals surface area contributed by atoms with Crippen molar-refractivity contribution in [2.75, 3.05) is 23.7 Å². The molecule has 1 aliphatic rings. The molecule has 0 bridgehead atoms. The SMILES string of the molecule is O=C(O)CNc1cc(NCC2CCCC2)ncn1. The van der Waals surface area contributed by atoms with E-state index in [2.05, 4.69) is 20.6 Å². The highest BCUT2D eigenvalue weighted by atomic mass is 16.4. The second-order valence-corrected chi connectivity index (χ2v) is 4.57. The zero-order chi connectivity index (χ0) is 12.8. The molecule has 1 saturated carbocycles. The summed E-state index contributed by atoms with van der Waals surface area (Å²) in [5.74, 6) is 1.09. The molecule has 0 radical (unpaired) electrons. The lowest BCUT2D eigenvalue weighted by Gasteiger charge is -2.11. The second-order valence-electron chi connectivity index (χ2n) is 4.57. The van der Waals surface area contributed by atoms with E-state index < -0.39 is 5.97 Å². The van der Waals surface area contributed by atoms with Gasteiger partial charge in [0, 0.05) is 12.6 Å². The van der Waals surface area contributed by atoms with Crippen molar-refractivity contribution in [1.29, 1.82) is 0 Å². The smallest absolute Gasteiger partial charge is 0.322 e. The Hall–Kier alpha value is -1.85. The molecular weight excluding hydrogens is 232 g/mol. The fourth-order valence-electron chi connectivity index (χ4n) is 2.18. The molecule has 0 atom stereocenters. The molecule has 0 unspecified atom stereocenters. The van der Waals surface area contributed by atoms with Crippen molar-refractivity contribution in [1.82, 2.24) is 9.97 Å². The third kappa shape index (κ3) is 3.87. The number of nitrogens with one attached hydrogen (secondary N) is 2. The van der Waals surface area contributed by atoms with E-state index in [1.807, 2.05) is 0 Å². The number of carboxylic acids is 1. The van der Waals surface area contributed by atoms with Gasteiger partial charge < -0.3 is 15.7 Å². The average Bonchev–Trinajstić information content (AvgIpc) is 2.87. The van der Waals surface area contributed by atoms with Crippen LogP contribution in [-0.4, -0.2) is 34.1 Å². The minimum atomic E-state index is -0.908. The highest BCUT2D eigenvalue weighted by Crippen LogP contribution is 2.24. The Bertz CT molecular complexity index is 405. The first kappa shape index (κ1) is 12.6. The predicted octanol–water partition coefficient (Wildman–Crippen LogP) is 1.58. The maximum atomic E-state index is 10.4. The molecule has 18 heavy (non-hydrogen) atoms. The lowest BCUT2D eigenvalue weighted by Crippen LogP contribution is -2.15. The molecule has 0 spiro atoms. The number of nitrogens with zero attached hydrogens (tertiary/aromatic N) is 2. The highest BCUT2D eigenvalue weighted by molar-refractivity contribution is 5.72. The van der Waals surface area contributed by atoms with E-state index in [1.54, 1.807) is 6.07 Å². The molecule has 6 heteroatoms. The van der Waals surface area contributed by atoms with Gasteiger partial charge in [-0.05, 0) is 18.8 Å². The van der Waals surface area contributed by atoms with Crippen molar-refractivity contribution >= 4 is 17.6 Å². The van der Waals surface area contributed by atoms with Gasteiger partial charge in [-0.2, -0.15) is 0 Å². The second kappa shape index (κ2) is 6.18. The zero-order valence-corrected chi connectivity index (χ0v) is 10.2. The Labute approximate surface area is 106 Å². The number of carboxylic acid groups (broad SMARTS) is 1. The molecule has 98 valence electrons. The number of aromatic nitrogens is 2. The molecule has 2 rings (SSSR count). The highest BCUT2D eigenvalue weighted by Gasteiger charge is 2.14. The largest absolute Gasteiger partial charge is 0.480 e. The number of aliphatic carboxylic acids is 1. The Balaban J connectivity index is 1.84. The molecule has 0 saturated heterocycles. The van der Waals surface area contributed by atoms with Gasteiger partial charge in [0.05, 0.1) is 0 Å². The number of carbonyl (C=O) groups is 1. The average molecular weight is 250 g/mol. The molecule has 1 aromatic heterocycles. The maximum absolute atomic E-state index is 10.4. The fraction of sp³-hybridized carbons (Fsp3) is 0.583. The molecule has 0 amide bonds. The van der Waals surface area contributed by atoms with Gasteiger partial charge in [-0.3, -0.25) is 4.79 Å². The van der Waals surface area contributed by atoms with Gasteiger partial charge in [-0.15, -0.1) is 0 Å². The lowest BCUT2D eigenvalue weighted by atomic mass is 10.1. The van der Waals surface area contributed by atoms with Gasteiger partial charge >= 0.3 is 5.97 Å². The first-order chi connectivity index (χ1) is 8.74. The Kier molecular flexibility index (Phi) is 4.33. The quantitative estimate of drug-likeness (QED) is 0.710. The van der Waals surface area contributed by atoms with Gasteiger partial charge in [0.25, 0.3) is 0 Å². The van der Waals surface area contributed by atoms with Crippen LogP contribution in [0.1, 0.15) is 25.7 Å². The van der Waals surface area contributed by atoms with E-state index in [-0.39, 0.29) is 6.54 Å². The Morgan fingerprint density at radius 2 is 1.94 bits per heavy atom. The van der Waals surface area contributed by atoms with Crippen molar-refractivity contribution in [2.24, 2.45) is 5.92 Å². The van der Waals surface area contributed by atoms with Crippen LogP contribution in [0.3, 0.4) is 0 Å². The lowest BCUT2D eigenvalue weighted by molar-refractivity contribution is -0.134. The first-order valence-electron chi connectivity index (χ1n) is 6.25. The summed E-state index contributed by atoms with van der Waals surface area (Å²) in [7, 11) is 0. The van der Waals surface area contributed by atoms with Crippen LogP contribution in [0.25, 0.3) is 0 Å². The number of hydrogen-bond donors (Lipinski definition) is 3. The molecule has 1 aliphatic carbocycles.